The van der Waals surface area contributed by atoms with Gasteiger partial charge in [0, 0.05) is 29.1 Å². The highest BCUT2D eigenvalue weighted by atomic mass is 16.5. The maximum Gasteiger partial charge on any atom is 0.408 e. The zero-order valence-corrected chi connectivity index (χ0v) is 19.2. The average Bonchev–Trinajstić information content (AvgIpc) is 3.29. The van der Waals surface area contributed by atoms with Gasteiger partial charge in [-0.1, -0.05) is 18.2 Å². The van der Waals surface area contributed by atoms with E-state index in [2.05, 4.69) is 9.97 Å². The first-order valence-electron chi connectivity index (χ1n) is 11.0. The number of carbonyl (C=O) groups is 1. The summed E-state index contributed by atoms with van der Waals surface area (Å²) in [5, 5.41) is 32.2. The van der Waals surface area contributed by atoms with Gasteiger partial charge in [0.2, 0.25) is 0 Å². The van der Waals surface area contributed by atoms with Gasteiger partial charge in [0.05, 0.1) is 18.3 Å². The second-order valence-electron chi connectivity index (χ2n) is 9.51. The number of para-hydroxylation sites is 1. The van der Waals surface area contributed by atoms with Crippen molar-refractivity contribution in [3.63, 3.8) is 0 Å². The summed E-state index contributed by atoms with van der Waals surface area (Å²) in [4.78, 5) is 21.7. The summed E-state index contributed by atoms with van der Waals surface area (Å²) in [5.41, 5.74) is 1.63. The molecule has 9 heteroatoms. The summed E-state index contributed by atoms with van der Waals surface area (Å²) in [5.74, 6) is 0.487. The lowest BCUT2D eigenvalue weighted by molar-refractivity contribution is -0.0168. The largest absolute Gasteiger partial charge is 0.487 e. The summed E-state index contributed by atoms with van der Waals surface area (Å²) >= 11 is 0. The molecule has 2 aromatic heterocycles. The first-order chi connectivity index (χ1) is 15.6. The van der Waals surface area contributed by atoms with Crippen LogP contribution in [0.1, 0.15) is 44.5 Å². The number of aliphatic hydroxyl groups is 2. The number of benzene rings is 1. The van der Waals surface area contributed by atoms with Gasteiger partial charge < -0.3 is 24.6 Å². The van der Waals surface area contributed by atoms with E-state index in [-0.39, 0.29) is 6.54 Å². The molecule has 1 fully saturated rings. The van der Waals surface area contributed by atoms with Crippen LogP contribution < -0.4 is 4.74 Å². The van der Waals surface area contributed by atoms with E-state index in [0.29, 0.717) is 23.4 Å². The molecular formula is C24H30N4O5. The molecule has 2 heterocycles. The van der Waals surface area contributed by atoms with Crippen LogP contribution >= 0.6 is 0 Å². The summed E-state index contributed by atoms with van der Waals surface area (Å²) in [7, 11) is 0. The predicted octanol–water partition coefficient (Wildman–Crippen LogP) is 3.13. The standard InChI is InChI=1S/C24H30N4O5/c1-14-16-9-10-27(22(16)26-13-25-14)17-11-19(21(30)20(17)29)33-18-8-6-5-7-15(18)12-28(23(31)32)24(2,3)4/h5-10,13,17,19-21,29-30H,11-12H2,1-4H3,(H,31,32)/t17-,19+,20+,21-/m0/s1. The van der Waals surface area contributed by atoms with Crippen molar-refractivity contribution >= 4 is 17.1 Å². The van der Waals surface area contributed by atoms with Gasteiger partial charge >= 0.3 is 6.09 Å². The van der Waals surface area contributed by atoms with Gasteiger partial charge in [-0.15, -0.1) is 0 Å². The molecule has 1 saturated carbocycles. The van der Waals surface area contributed by atoms with E-state index in [1.807, 2.05) is 56.7 Å². The predicted molar refractivity (Wildman–Crippen MR) is 122 cm³/mol. The Bertz CT molecular complexity index is 1160. The Morgan fingerprint density at radius 3 is 2.61 bits per heavy atom. The Morgan fingerprint density at radius 2 is 1.91 bits per heavy atom. The number of fused-ring (bicyclic) bond motifs is 1. The second-order valence-corrected chi connectivity index (χ2v) is 9.51. The SMILES string of the molecule is Cc1ncnc2c1ccn2[C@H]1C[C@@H](Oc2ccccc2CN(C(=O)O)C(C)(C)C)[C@H](O)[C@@H]1O. The van der Waals surface area contributed by atoms with Crippen molar-refractivity contribution in [2.45, 2.75) is 70.6 Å². The van der Waals surface area contributed by atoms with Crippen molar-refractivity contribution in [1.29, 1.82) is 0 Å². The van der Waals surface area contributed by atoms with E-state index in [1.165, 1.54) is 11.2 Å². The van der Waals surface area contributed by atoms with E-state index in [4.69, 9.17) is 4.74 Å². The topological polar surface area (TPSA) is 121 Å². The molecule has 3 N–H and O–H groups in total. The van der Waals surface area contributed by atoms with Crippen molar-refractivity contribution in [2.24, 2.45) is 0 Å². The van der Waals surface area contributed by atoms with Crippen LogP contribution in [-0.2, 0) is 6.54 Å². The van der Waals surface area contributed by atoms with E-state index in [9.17, 15) is 20.1 Å². The van der Waals surface area contributed by atoms with Crippen molar-refractivity contribution in [1.82, 2.24) is 19.4 Å². The normalized spacial score (nSPS) is 23.1. The molecule has 1 aliphatic rings. The van der Waals surface area contributed by atoms with E-state index >= 15 is 0 Å². The van der Waals surface area contributed by atoms with E-state index in [1.54, 1.807) is 12.1 Å². The van der Waals surface area contributed by atoms with Crippen LogP contribution in [0.5, 0.6) is 5.75 Å². The van der Waals surface area contributed by atoms with Gasteiger partial charge in [-0.2, -0.15) is 0 Å². The molecule has 4 rings (SSSR count). The number of ether oxygens (including phenoxy) is 1. The van der Waals surface area contributed by atoms with Gasteiger partial charge in [-0.05, 0) is 39.8 Å². The Hall–Kier alpha value is -3.17. The molecule has 0 bridgehead atoms. The maximum atomic E-state index is 11.8. The summed E-state index contributed by atoms with van der Waals surface area (Å²) in [6, 6.07) is 8.67. The molecule has 33 heavy (non-hydrogen) atoms. The summed E-state index contributed by atoms with van der Waals surface area (Å²) in [6.07, 6.45) is -0.146. The molecule has 4 atom stereocenters. The first kappa shape index (κ1) is 23.0. The molecule has 9 nitrogen and oxygen atoms in total. The molecule has 1 amide bonds. The van der Waals surface area contributed by atoms with Crippen LogP contribution in [-0.4, -0.2) is 64.7 Å². The number of aryl methyl sites for hydroxylation is 1. The maximum absolute atomic E-state index is 11.8. The Morgan fingerprint density at radius 1 is 1.18 bits per heavy atom. The Kier molecular flexibility index (Phi) is 6.02. The van der Waals surface area contributed by atoms with Gasteiger partial charge in [0.1, 0.15) is 36.0 Å². The fourth-order valence-electron chi connectivity index (χ4n) is 4.40. The molecule has 0 unspecified atom stereocenters. The molecular weight excluding hydrogens is 424 g/mol. The third-order valence-corrected chi connectivity index (χ3v) is 6.28. The van der Waals surface area contributed by atoms with Crippen LogP contribution in [0.3, 0.4) is 0 Å². The van der Waals surface area contributed by atoms with Gasteiger partial charge in [-0.25, -0.2) is 14.8 Å². The lowest BCUT2D eigenvalue weighted by atomic mass is 10.0. The minimum absolute atomic E-state index is 0.141. The fourth-order valence-corrected chi connectivity index (χ4v) is 4.40. The Balaban J connectivity index is 1.58. The van der Waals surface area contributed by atoms with Crippen LogP contribution in [0.4, 0.5) is 4.79 Å². The van der Waals surface area contributed by atoms with Crippen LogP contribution in [0.25, 0.3) is 11.0 Å². The molecule has 0 aliphatic heterocycles. The number of nitrogens with zero attached hydrogens (tertiary/aromatic N) is 4. The van der Waals surface area contributed by atoms with Crippen molar-refractivity contribution in [2.75, 3.05) is 0 Å². The Labute approximate surface area is 192 Å². The minimum atomic E-state index is -1.11. The number of aliphatic hydroxyl groups excluding tert-OH is 2. The lowest BCUT2D eigenvalue weighted by Crippen LogP contribution is -2.44. The average molecular weight is 455 g/mol. The number of carboxylic acid groups (broad SMARTS) is 1. The van der Waals surface area contributed by atoms with Gasteiger partial charge in [-0.3, -0.25) is 4.90 Å². The lowest BCUT2D eigenvalue weighted by Gasteiger charge is -2.33. The highest BCUT2D eigenvalue weighted by Crippen LogP contribution is 2.37. The number of hydrogen-bond donors (Lipinski definition) is 3. The van der Waals surface area contributed by atoms with Crippen molar-refractivity contribution < 1.29 is 24.9 Å². The summed E-state index contributed by atoms with van der Waals surface area (Å²) in [6.45, 7) is 7.54. The van der Waals surface area contributed by atoms with Crippen LogP contribution in [0, 0.1) is 6.92 Å². The zero-order valence-electron chi connectivity index (χ0n) is 19.2. The van der Waals surface area contributed by atoms with Crippen molar-refractivity contribution in [3.8, 4) is 5.75 Å². The van der Waals surface area contributed by atoms with E-state index in [0.717, 1.165) is 11.1 Å². The number of rotatable bonds is 5. The molecule has 1 aliphatic carbocycles. The molecule has 0 saturated heterocycles. The molecule has 0 spiro atoms. The first-order valence-corrected chi connectivity index (χ1v) is 11.0. The van der Waals surface area contributed by atoms with E-state index < -0.39 is 36.0 Å². The van der Waals surface area contributed by atoms with Crippen LogP contribution in [0.2, 0.25) is 0 Å². The summed E-state index contributed by atoms with van der Waals surface area (Å²) < 4.78 is 8.03. The molecule has 0 radical (unpaired) electrons. The van der Waals surface area contributed by atoms with Gasteiger partial charge in [0.25, 0.3) is 0 Å². The molecule has 176 valence electrons. The molecule has 1 aromatic carbocycles. The minimum Gasteiger partial charge on any atom is -0.487 e. The zero-order chi connectivity index (χ0) is 23.9. The van der Waals surface area contributed by atoms with Crippen molar-refractivity contribution in [3.05, 3.63) is 54.1 Å². The highest BCUT2D eigenvalue weighted by Gasteiger charge is 2.44. The van der Waals surface area contributed by atoms with Gasteiger partial charge in [0.15, 0.2) is 0 Å². The quantitative estimate of drug-likeness (QED) is 0.542. The monoisotopic (exact) mass is 454 g/mol. The second kappa shape index (κ2) is 8.64. The third-order valence-electron chi connectivity index (χ3n) is 6.28. The third kappa shape index (κ3) is 4.38. The van der Waals surface area contributed by atoms with Crippen LogP contribution in [0.15, 0.2) is 42.9 Å². The molecule has 3 aromatic rings. The number of hydrogen-bond acceptors (Lipinski definition) is 6. The number of amides is 1. The highest BCUT2D eigenvalue weighted by molar-refractivity contribution is 5.78. The number of aromatic nitrogens is 3. The smallest absolute Gasteiger partial charge is 0.408 e. The fraction of sp³-hybridized carbons (Fsp3) is 0.458.